The second kappa shape index (κ2) is 9.04. The number of aromatic amines is 1. The van der Waals surface area contributed by atoms with Crippen molar-refractivity contribution in [2.24, 2.45) is 12.5 Å². The number of H-pyrrole nitrogens is 1. The highest BCUT2D eigenvalue weighted by Crippen LogP contribution is 2.55. The predicted octanol–water partition coefficient (Wildman–Crippen LogP) is 6.36. The fraction of sp³-hybridized carbons (Fsp3) is 0.333. The molecule has 0 bridgehead atoms. The van der Waals surface area contributed by atoms with Crippen LogP contribution >= 0.6 is 27.5 Å². The average molecular weight is 619 g/mol. The van der Waals surface area contributed by atoms with Crippen LogP contribution in [-0.4, -0.2) is 59.0 Å². The number of nitrogens with zero attached hydrogens (tertiary/aromatic N) is 6. The number of aromatic nitrogens is 6. The molecule has 1 aliphatic carbocycles. The lowest BCUT2D eigenvalue weighted by molar-refractivity contribution is -0.150. The third-order valence-electron chi connectivity index (χ3n) is 8.77. The topological polar surface area (TPSA) is 84.6 Å². The molecule has 1 amide bonds. The molecule has 0 atom stereocenters. The number of hydrogen-bond acceptors (Lipinski definition) is 4. The lowest BCUT2D eigenvalue weighted by atomic mass is 9.60. The quantitative estimate of drug-likeness (QED) is 0.183. The summed E-state index contributed by atoms with van der Waals surface area (Å²) in [5.41, 5.74) is 8.77. The molecule has 0 radical (unpaired) electrons. The van der Waals surface area contributed by atoms with Gasteiger partial charge < -0.3 is 4.90 Å². The molecule has 3 aromatic heterocycles. The van der Waals surface area contributed by atoms with Crippen LogP contribution in [0.4, 0.5) is 0 Å². The van der Waals surface area contributed by atoms with Crippen molar-refractivity contribution in [1.29, 1.82) is 0 Å². The van der Waals surface area contributed by atoms with Crippen LogP contribution in [0.5, 0.6) is 0 Å². The molecule has 2 fully saturated rings. The van der Waals surface area contributed by atoms with E-state index in [1.807, 2.05) is 42.0 Å². The molecular weight excluding hydrogens is 590 g/mol. The van der Waals surface area contributed by atoms with Crippen LogP contribution in [0.25, 0.3) is 44.2 Å². The van der Waals surface area contributed by atoms with Gasteiger partial charge in [-0.2, -0.15) is 15.3 Å². The highest BCUT2D eigenvalue weighted by Gasteiger charge is 2.55. The number of nitrogens with one attached hydrogen (secondary N) is 1. The maximum atomic E-state index is 12.5. The standard InChI is InChI=1S/C30H29BrClN7O/c1-16-7-23-22(13-33-35-23)26(27(16)32)25-18(3)39(21-9-30(10-21)14-38(15-30)29(40)17(2)11-31)36-28(25)19-5-6-24-20(8-19)12-34-37(24)4/h5-8,12-13,21H,2,9-11,14-15H2,1,3-4H3,(H,33,35). The molecular formula is C30H29BrClN7O. The third-order valence-corrected chi connectivity index (χ3v) is 9.93. The van der Waals surface area contributed by atoms with Gasteiger partial charge in [0.05, 0.1) is 34.5 Å². The number of amides is 1. The van der Waals surface area contributed by atoms with Crippen LogP contribution in [0.2, 0.25) is 5.02 Å². The molecule has 8 nitrogen and oxygen atoms in total. The lowest BCUT2D eigenvalue weighted by Crippen LogP contribution is -2.64. The van der Waals surface area contributed by atoms with Gasteiger partial charge in [-0.15, -0.1) is 0 Å². The van der Waals surface area contributed by atoms with Gasteiger partial charge in [0.2, 0.25) is 5.91 Å². The second-order valence-electron chi connectivity index (χ2n) is 11.5. The lowest BCUT2D eigenvalue weighted by Gasteiger charge is -2.59. The third kappa shape index (κ3) is 3.70. The van der Waals surface area contributed by atoms with E-state index in [9.17, 15) is 4.79 Å². The van der Waals surface area contributed by atoms with Gasteiger partial charge >= 0.3 is 0 Å². The zero-order valence-corrected chi connectivity index (χ0v) is 25.0. The van der Waals surface area contributed by atoms with E-state index >= 15 is 0 Å². The molecule has 2 aliphatic rings. The van der Waals surface area contributed by atoms with Crippen LogP contribution in [0.1, 0.15) is 30.1 Å². The van der Waals surface area contributed by atoms with Crippen molar-refractivity contribution in [3.8, 4) is 22.4 Å². The molecule has 204 valence electrons. The van der Waals surface area contributed by atoms with E-state index in [4.69, 9.17) is 16.7 Å². The van der Waals surface area contributed by atoms with E-state index in [-0.39, 0.29) is 17.4 Å². The first-order valence-electron chi connectivity index (χ1n) is 13.4. The molecule has 40 heavy (non-hydrogen) atoms. The number of rotatable bonds is 5. The summed E-state index contributed by atoms with van der Waals surface area (Å²) in [7, 11) is 1.95. The predicted molar refractivity (Wildman–Crippen MR) is 162 cm³/mol. The SMILES string of the molecule is C=C(CBr)C(=O)N1CC2(CC(n3nc(-c4ccc5c(cnn5C)c4)c(-c4c(Cl)c(C)cc5[nH]ncc45)c3C)C2)C1. The number of benzene rings is 2. The molecule has 1 saturated carbocycles. The Labute approximate surface area is 245 Å². The molecule has 2 aromatic carbocycles. The Bertz CT molecular complexity index is 1850. The summed E-state index contributed by atoms with van der Waals surface area (Å²) < 4.78 is 4.07. The van der Waals surface area contributed by atoms with Crippen molar-refractivity contribution in [1.82, 2.24) is 34.7 Å². The number of fused-ring (bicyclic) bond motifs is 2. The first-order chi connectivity index (χ1) is 19.2. The summed E-state index contributed by atoms with van der Waals surface area (Å²) in [5.74, 6) is 0.0507. The summed E-state index contributed by atoms with van der Waals surface area (Å²) in [6.45, 7) is 9.62. The fourth-order valence-corrected chi connectivity index (χ4v) is 7.18. The fourth-order valence-electron chi connectivity index (χ4n) is 6.69. The minimum atomic E-state index is 0.0507. The summed E-state index contributed by atoms with van der Waals surface area (Å²) >= 11 is 10.4. The van der Waals surface area contributed by atoms with E-state index in [2.05, 4.69) is 67.6 Å². The van der Waals surface area contributed by atoms with E-state index in [0.29, 0.717) is 15.9 Å². The van der Waals surface area contributed by atoms with Crippen molar-refractivity contribution in [2.45, 2.75) is 32.7 Å². The van der Waals surface area contributed by atoms with E-state index < -0.39 is 0 Å². The van der Waals surface area contributed by atoms with Gasteiger partial charge in [0, 0.05) is 69.6 Å². The highest BCUT2D eigenvalue weighted by atomic mass is 79.9. The van der Waals surface area contributed by atoms with E-state index in [0.717, 1.165) is 81.4 Å². The number of aryl methyl sites for hydroxylation is 2. The van der Waals surface area contributed by atoms with Crippen LogP contribution in [0, 0.1) is 19.3 Å². The molecule has 4 heterocycles. The Hall–Kier alpha value is -3.43. The maximum Gasteiger partial charge on any atom is 0.250 e. The molecule has 5 aromatic rings. The number of carbonyl (C=O) groups excluding carboxylic acids is 1. The smallest absolute Gasteiger partial charge is 0.250 e. The van der Waals surface area contributed by atoms with Gasteiger partial charge in [-0.25, -0.2) is 0 Å². The number of hydrogen-bond donors (Lipinski definition) is 1. The molecule has 1 spiro atoms. The second-order valence-corrected chi connectivity index (χ2v) is 12.4. The maximum absolute atomic E-state index is 12.5. The van der Waals surface area contributed by atoms with Crippen LogP contribution in [0.15, 0.2) is 48.8 Å². The Balaban J connectivity index is 1.31. The van der Waals surface area contributed by atoms with Gasteiger partial charge in [-0.1, -0.05) is 40.2 Å². The van der Waals surface area contributed by atoms with Gasteiger partial charge in [0.25, 0.3) is 0 Å². The summed E-state index contributed by atoms with van der Waals surface area (Å²) in [6, 6.07) is 8.67. The molecule has 1 aliphatic heterocycles. The highest BCUT2D eigenvalue weighted by molar-refractivity contribution is 9.09. The van der Waals surface area contributed by atoms with Gasteiger partial charge in [-0.05, 0) is 50.5 Å². The largest absolute Gasteiger partial charge is 0.338 e. The Morgan fingerprint density at radius 3 is 2.73 bits per heavy atom. The molecule has 1 saturated heterocycles. The van der Waals surface area contributed by atoms with Gasteiger partial charge in [0.15, 0.2) is 0 Å². The average Bonchev–Trinajstić information content (AvgIpc) is 3.60. The van der Waals surface area contributed by atoms with Crippen molar-refractivity contribution in [3.63, 3.8) is 0 Å². The van der Waals surface area contributed by atoms with E-state index in [1.165, 1.54) is 0 Å². The van der Waals surface area contributed by atoms with Gasteiger partial charge in [0.1, 0.15) is 5.69 Å². The van der Waals surface area contributed by atoms with Crippen molar-refractivity contribution in [2.75, 3.05) is 18.4 Å². The minimum Gasteiger partial charge on any atom is -0.338 e. The zero-order valence-electron chi connectivity index (χ0n) is 22.6. The van der Waals surface area contributed by atoms with Crippen molar-refractivity contribution < 1.29 is 4.79 Å². The van der Waals surface area contributed by atoms with Gasteiger partial charge in [-0.3, -0.25) is 19.3 Å². The Morgan fingerprint density at radius 2 is 1.98 bits per heavy atom. The molecule has 7 rings (SSSR count). The van der Waals surface area contributed by atoms with Crippen molar-refractivity contribution >= 4 is 55.2 Å². The first kappa shape index (κ1) is 25.5. The van der Waals surface area contributed by atoms with Crippen LogP contribution < -0.4 is 0 Å². The number of alkyl halides is 1. The minimum absolute atomic E-state index is 0.0507. The number of carbonyl (C=O) groups is 1. The number of halogens is 2. The molecule has 0 unspecified atom stereocenters. The molecule has 10 heteroatoms. The summed E-state index contributed by atoms with van der Waals surface area (Å²) in [4.78, 5) is 14.5. The Kier molecular flexibility index (Phi) is 5.77. The van der Waals surface area contributed by atoms with Crippen molar-refractivity contribution in [3.05, 3.63) is 65.1 Å². The van der Waals surface area contributed by atoms with Crippen LogP contribution in [-0.2, 0) is 11.8 Å². The molecule has 1 N–H and O–H groups in total. The zero-order chi connectivity index (χ0) is 27.9. The summed E-state index contributed by atoms with van der Waals surface area (Å²) in [5, 5.41) is 20.4. The van der Waals surface area contributed by atoms with E-state index in [1.54, 1.807) is 0 Å². The number of likely N-dealkylation sites (tertiary alicyclic amines) is 1. The first-order valence-corrected chi connectivity index (χ1v) is 14.9. The Morgan fingerprint density at radius 1 is 1.20 bits per heavy atom. The van der Waals surface area contributed by atoms with Crippen LogP contribution in [0.3, 0.4) is 0 Å². The normalized spacial score (nSPS) is 16.6. The summed E-state index contributed by atoms with van der Waals surface area (Å²) in [6.07, 6.45) is 5.71. The monoisotopic (exact) mass is 617 g/mol.